The summed E-state index contributed by atoms with van der Waals surface area (Å²) in [5.74, 6) is -5.41. The Balaban J connectivity index is 0.993. The zero-order valence-corrected chi connectivity index (χ0v) is 69.6. The van der Waals surface area contributed by atoms with Crippen molar-refractivity contribution in [3.8, 4) is 0 Å². The lowest BCUT2D eigenvalue weighted by atomic mass is 9.93. The van der Waals surface area contributed by atoms with Gasteiger partial charge >= 0.3 is 0 Å². The molecule has 31 N–H and O–H groups in total. The van der Waals surface area contributed by atoms with Crippen molar-refractivity contribution in [2.45, 2.75) is 355 Å². The van der Waals surface area contributed by atoms with E-state index in [0.717, 1.165) is 41.5 Å². The van der Waals surface area contributed by atoms with Crippen LogP contribution in [0.15, 0.2) is 0 Å². The van der Waals surface area contributed by atoms with E-state index >= 15 is 0 Å². The van der Waals surface area contributed by atoms with Crippen LogP contribution in [0.1, 0.15) is 48.5 Å². The Labute approximate surface area is 726 Å². The second-order valence-corrected chi connectivity index (χ2v) is 32.5. The number of ether oxygens (including phenoxy) is 19. The highest BCUT2D eigenvalue weighted by Crippen LogP contribution is 2.41. The lowest BCUT2D eigenvalue weighted by Gasteiger charge is -2.51. The van der Waals surface area contributed by atoms with Crippen molar-refractivity contribution in [1.29, 1.82) is 0 Å². The standard InChI is InChI=1S/C72H120N6O50/c1-17-39(92)51(104)54(107)69(112-17)110-16-32-59(47(100)33(63(109)113-32)73-18(2)86)124-66-36(76-21(5)89)50(103)58(30(14-85)118-66)125-70-55(108)60(126-72-62(53(106)43(96)27(11-82)117-72)128-68-38(78-23(7)91)49(102)57(29(13-84)120-68)123-65-35(75-20(4)88)46(99)41(94)25(9-80)115-65)44(97)31(121-70)15-111-71-61(52(105)42(95)26(10-81)116-71)127-67-37(77-22(6)90)48(101)56(28(12-83)119-67)122-64-34(74-19(3)87)45(98)40(93)24(8-79)114-64/h17,24-72,79-85,92-109H,8-16H2,1-7H3,(H,73,86)(H,74,87)(H,75,88)(H,76,89)(H,77,90)(H,78,91)/t17-,24+,25+,26+,27+,28+,29+,30+,31+,32+,33-,34+,35+,36+,37+,38+,39+,40-,41-,42+,43+,44+,45+,46+,47+,48+,49+,50+,51+,52-,53-,54-,55-,56+,57+,58+,59+,60-,61-,62-,63?,64-,65-,66-,67-,68-,69+,70-,71-,72+/m0/s1. The first kappa shape index (κ1) is 105. The van der Waals surface area contributed by atoms with Gasteiger partial charge in [-0.25, -0.2) is 0 Å². The Kier molecular flexibility index (Phi) is 37.8. The van der Waals surface area contributed by atoms with Crippen LogP contribution in [0.3, 0.4) is 0 Å². The molecule has 0 aromatic heterocycles. The number of carbonyl (C=O) groups excluding carboxylic acids is 6. The molecule has 738 valence electrons. The number of hydrogen-bond donors (Lipinski definition) is 31. The monoisotopic (exact) mass is 1870 g/mol. The molecular weight excluding hydrogens is 1750 g/mol. The Hall–Kier alpha value is -4.94. The molecule has 0 aromatic carbocycles. The lowest BCUT2D eigenvalue weighted by Crippen LogP contribution is -2.71. The number of rotatable bonds is 33. The lowest BCUT2D eigenvalue weighted by molar-refractivity contribution is -0.398. The fourth-order valence-corrected chi connectivity index (χ4v) is 16.6. The average molecular weight is 1870 g/mol. The Morgan fingerprint density at radius 2 is 0.484 bits per heavy atom. The molecule has 56 heteroatoms. The maximum Gasteiger partial charge on any atom is 0.217 e. The largest absolute Gasteiger partial charge is 0.394 e. The number of amides is 6. The normalized spacial score (nSPS) is 47.8. The highest BCUT2D eigenvalue weighted by molar-refractivity contribution is 5.75. The fraction of sp³-hybridized carbons (Fsp3) is 0.917. The highest BCUT2D eigenvalue weighted by Gasteiger charge is 2.62. The second kappa shape index (κ2) is 46.1. The van der Waals surface area contributed by atoms with Crippen LogP contribution in [0.2, 0.25) is 0 Å². The van der Waals surface area contributed by atoms with E-state index in [0.29, 0.717) is 0 Å². The van der Waals surface area contributed by atoms with Gasteiger partial charge in [0.05, 0.1) is 65.6 Å². The van der Waals surface area contributed by atoms with Crippen LogP contribution in [-0.4, -0.2) is 529 Å². The smallest absolute Gasteiger partial charge is 0.217 e. The van der Waals surface area contributed by atoms with Crippen molar-refractivity contribution in [1.82, 2.24) is 31.9 Å². The summed E-state index contributed by atoms with van der Waals surface area (Å²) in [6, 6.07) is -11.1. The predicted octanol–water partition coefficient (Wildman–Crippen LogP) is -20.9. The molecule has 1 unspecified atom stereocenters. The van der Waals surface area contributed by atoms with E-state index in [1.807, 2.05) is 0 Å². The van der Waals surface area contributed by atoms with Gasteiger partial charge in [0.2, 0.25) is 35.4 Å². The van der Waals surface area contributed by atoms with Gasteiger partial charge in [-0.1, -0.05) is 0 Å². The molecule has 0 bridgehead atoms. The van der Waals surface area contributed by atoms with Gasteiger partial charge in [0.25, 0.3) is 0 Å². The maximum atomic E-state index is 13.3. The molecule has 50 atom stereocenters. The van der Waals surface area contributed by atoms with Crippen molar-refractivity contribution in [3.05, 3.63) is 0 Å². The minimum absolute atomic E-state index is 0.812. The van der Waals surface area contributed by atoms with Crippen LogP contribution in [0.4, 0.5) is 0 Å². The number of hydrogen-bond acceptors (Lipinski definition) is 50. The number of aliphatic hydroxyl groups is 25. The average Bonchev–Trinajstić information content (AvgIpc) is 0.763. The van der Waals surface area contributed by atoms with Crippen LogP contribution < -0.4 is 31.9 Å². The zero-order chi connectivity index (χ0) is 94.4. The molecular formula is C72H120N6O50. The van der Waals surface area contributed by atoms with Crippen molar-refractivity contribution >= 4 is 35.4 Å². The van der Waals surface area contributed by atoms with E-state index in [9.17, 15) is 156 Å². The van der Waals surface area contributed by atoms with E-state index in [4.69, 9.17) is 90.0 Å². The quantitative estimate of drug-likeness (QED) is 0.0290. The van der Waals surface area contributed by atoms with E-state index in [1.165, 1.54) is 6.92 Å². The summed E-state index contributed by atoms with van der Waals surface area (Å²) in [7, 11) is 0. The molecule has 10 saturated heterocycles. The SMILES string of the molecule is CC(=O)N[C@H]1[C@H](O[C@H]2[C@H](O)[C@H](NC(C)=O)C(O)O[C@@H]2CO[C@@H]2O[C@@H](C)[C@@H](O)[C@@H](O)[C@@H]2O)O[C@H](CO)[C@@H](O[C@@H]2O[C@H](CO[C@H]3O[C@H](CO)[C@@H](O)[C@H](O)[C@@H]3O[C@@H]3O[C@H](CO)[C@@H](O[C@@H]4O[C@H](CO)[C@H](O)[C@H](O)[C@H]4NC(C)=O)[C@H](O)[C@H]3NC(C)=O)[C@@H](O)[C@H](O[C@H]3O[C@H](CO)[C@@H](O)[C@H](O)[C@@H]3O[C@@H]3O[C@H](CO)[C@@H](O[C@@H]4O[C@H](CO)[C@H](O)[C@H](O)[C@H]4NC(C)=O)[C@H](O)[C@H]3NC(C)=O)[C@@H]2O)[C@@H]1O. The van der Waals surface area contributed by atoms with E-state index in [1.54, 1.807) is 0 Å². The summed E-state index contributed by atoms with van der Waals surface area (Å²) in [6.07, 6.45) is -90.9. The second-order valence-electron chi connectivity index (χ2n) is 32.5. The van der Waals surface area contributed by atoms with Gasteiger partial charge < -0.3 is 250 Å². The number of nitrogens with one attached hydrogen (secondary N) is 6. The van der Waals surface area contributed by atoms with Gasteiger partial charge in [-0.15, -0.1) is 0 Å². The van der Waals surface area contributed by atoms with Crippen molar-refractivity contribution in [2.75, 3.05) is 59.5 Å². The molecule has 0 spiro atoms. The summed E-state index contributed by atoms with van der Waals surface area (Å²) in [6.45, 7) is -2.88. The molecule has 0 aromatic rings. The minimum atomic E-state index is -2.64. The molecule has 56 nitrogen and oxygen atoms in total. The topological polar surface area (TPSA) is 856 Å². The van der Waals surface area contributed by atoms with E-state index in [2.05, 4.69) is 31.9 Å². The first-order valence-corrected chi connectivity index (χ1v) is 41.0. The predicted molar refractivity (Wildman–Crippen MR) is 398 cm³/mol. The highest BCUT2D eigenvalue weighted by atomic mass is 16.8. The van der Waals surface area contributed by atoms with Gasteiger partial charge in [0, 0.05) is 41.5 Å². The van der Waals surface area contributed by atoms with Crippen molar-refractivity contribution < 1.29 is 246 Å². The van der Waals surface area contributed by atoms with Crippen molar-refractivity contribution in [2.24, 2.45) is 0 Å². The Morgan fingerprint density at radius 1 is 0.219 bits per heavy atom. The summed E-state index contributed by atoms with van der Waals surface area (Å²) >= 11 is 0. The third kappa shape index (κ3) is 23.8. The third-order valence-corrected chi connectivity index (χ3v) is 23.2. The van der Waals surface area contributed by atoms with Crippen molar-refractivity contribution in [3.63, 3.8) is 0 Å². The van der Waals surface area contributed by atoms with Gasteiger partial charge in [-0.3, -0.25) is 28.8 Å². The first-order chi connectivity index (χ1) is 60.5. The maximum absolute atomic E-state index is 13.3. The number of aliphatic hydroxyl groups excluding tert-OH is 25. The molecule has 0 aliphatic carbocycles. The molecule has 0 radical (unpaired) electrons. The molecule has 10 rings (SSSR count). The zero-order valence-electron chi connectivity index (χ0n) is 69.6. The van der Waals surface area contributed by atoms with Crippen LogP contribution >= 0.6 is 0 Å². The van der Waals surface area contributed by atoms with Gasteiger partial charge in [-0.05, 0) is 6.92 Å². The third-order valence-electron chi connectivity index (χ3n) is 23.2. The van der Waals surface area contributed by atoms with E-state index < -0.39 is 402 Å². The molecule has 10 heterocycles. The molecule has 10 aliphatic heterocycles. The summed E-state index contributed by atoms with van der Waals surface area (Å²) < 4.78 is 114. The summed E-state index contributed by atoms with van der Waals surface area (Å²) in [5.41, 5.74) is 0. The van der Waals surface area contributed by atoms with Crippen LogP contribution in [0.5, 0.6) is 0 Å². The molecule has 10 fully saturated rings. The minimum Gasteiger partial charge on any atom is -0.394 e. The van der Waals surface area contributed by atoms with Crippen LogP contribution in [-0.2, 0) is 119 Å². The van der Waals surface area contributed by atoms with Gasteiger partial charge in [-0.2, -0.15) is 0 Å². The first-order valence-electron chi connectivity index (χ1n) is 41.0. The van der Waals surface area contributed by atoms with E-state index in [-0.39, 0.29) is 0 Å². The van der Waals surface area contributed by atoms with Gasteiger partial charge in [0.15, 0.2) is 62.9 Å². The molecule has 128 heavy (non-hydrogen) atoms. The molecule has 6 amide bonds. The summed E-state index contributed by atoms with van der Waals surface area (Å²) in [5, 5.41) is 297. The molecule has 10 aliphatic rings. The summed E-state index contributed by atoms with van der Waals surface area (Å²) in [4.78, 5) is 76.8. The number of carbonyl (C=O) groups is 6. The van der Waals surface area contributed by atoms with Crippen LogP contribution in [0.25, 0.3) is 0 Å². The fourth-order valence-electron chi connectivity index (χ4n) is 16.6. The van der Waals surface area contributed by atoms with Gasteiger partial charge in [0.1, 0.15) is 238 Å². The molecule has 0 saturated carbocycles. The van der Waals surface area contributed by atoms with Crippen LogP contribution in [0, 0.1) is 0 Å². The Morgan fingerprint density at radius 3 is 0.852 bits per heavy atom. The Bertz CT molecular complexity index is 3550.